The molecule has 0 aromatic carbocycles. The monoisotopic (exact) mass is 215 g/mol. The second-order valence-corrected chi connectivity index (χ2v) is 5.17. The number of carbonyl (C=O) groups excluding carboxylic acids is 1. The van der Waals surface area contributed by atoms with Crippen LogP contribution in [0.5, 0.6) is 0 Å². The van der Waals surface area contributed by atoms with Crippen LogP contribution in [0.15, 0.2) is 0 Å². The normalized spacial score (nSPS) is 13.7. The van der Waals surface area contributed by atoms with E-state index < -0.39 is 0 Å². The highest BCUT2D eigenvalue weighted by atomic mass is 16.5. The van der Waals surface area contributed by atoms with E-state index >= 15 is 0 Å². The SMILES string of the molecule is CCOC(=O)CC(C)NCCC(C)(C)C. The number of carbonyl (C=O) groups is 1. The third kappa shape index (κ3) is 9.73. The van der Waals surface area contributed by atoms with Crippen molar-refractivity contribution in [2.75, 3.05) is 13.2 Å². The first-order valence-corrected chi connectivity index (χ1v) is 5.74. The molecule has 0 fully saturated rings. The summed E-state index contributed by atoms with van der Waals surface area (Å²) in [4.78, 5) is 11.2. The molecule has 15 heavy (non-hydrogen) atoms. The standard InChI is InChI=1S/C12H25NO2/c1-6-15-11(14)9-10(2)13-8-7-12(3,4)5/h10,13H,6-9H2,1-5H3. The van der Waals surface area contributed by atoms with Gasteiger partial charge in [0.25, 0.3) is 0 Å². The summed E-state index contributed by atoms with van der Waals surface area (Å²) < 4.78 is 4.88. The fourth-order valence-corrected chi connectivity index (χ4v) is 1.24. The molecule has 0 bridgehead atoms. The molecule has 90 valence electrons. The lowest BCUT2D eigenvalue weighted by molar-refractivity contribution is -0.143. The summed E-state index contributed by atoms with van der Waals surface area (Å²) in [6.45, 7) is 11.9. The van der Waals surface area contributed by atoms with Gasteiger partial charge in [0.2, 0.25) is 0 Å². The number of hydrogen-bond acceptors (Lipinski definition) is 3. The summed E-state index contributed by atoms with van der Waals surface area (Å²) in [7, 11) is 0. The van der Waals surface area contributed by atoms with E-state index in [2.05, 4.69) is 26.1 Å². The molecule has 0 spiro atoms. The summed E-state index contributed by atoms with van der Waals surface area (Å²) in [5, 5.41) is 3.33. The van der Waals surface area contributed by atoms with Crippen molar-refractivity contribution in [1.29, 1.82) is 0 Å². The Labute approximate surface area is 93.6 Å². The topological polar surface area (TPSA) is 38.3 Å². The van der Waals surface area contributed by atoms with E-state index in [1.807, 2.05) is 13.8 Å². The van der Waals surface area contributed by atoms with Gasteiger partial charge in [-0.15, -0.1) is 0 Å². The van der Waals surface area contributed by atoms with Crippen molar-refractivity contribution in [1.82, 2.24) is 5.32 Å². The van der Waals surface area contributed by atoms with Crippen LogP contribution in [0.2, 0.25) is 0 Å². The molecule has 0 heterocycles. The molecule has 0 saturated carbocycles. The summed E-state index contributed by atoms with van der Waals surface area (Å²) in [6.07, 6.45) is 1.57. The maximum atomic E-state index is 11.2. The second-order valence-electron chi connectivity index (χ2n) is 5.17. The van der Waals surface area contributed by atoms with Crippen LogP contribution in [0.4, 0.5) is 0 Å². The van der Waals surface area contributed by atoms with Crippen LogP contribution in [0, 0.1) is 5.41 Å². The van der Waals surface area contributed by atoms with Crippen molar-refractivity contribution in [3.63, 3.8) is 0 Å². The van der Waals surface area contributed by atoms with Crippen molar-refractivity contribution in [3.05, 3.63) is 0 Å². The van der Waals surface area contributed by atoms with Gasteiger partial charge in [0, 0.05) is 6.04 Å². The molecule has 0 aliphatic heterocycles. The summed E-state index contributed by atoms with van der Waals surface area (Å²) in [5.74, 6) is -0.117. The van der Waals surface area contributed by atoms with Gasteiger partial charge >= 0.3 is 5.97 Å². The van der Waals surface area contributed by atoms with Crippen LogP contribution >= 0.6 is 0 Å². The first-order chi connectivity index (χ1) is 6.85. The van der Waals surface area contributed by atoms with Crippen LogP contribution in [-0.4, -0.2) is 25.2 Å². The van der Waals surface area contributed by atoms with E-state index in [0.717, 1.165) is 13.0 Å². The van der Waals surface area contributed by atoms with Gasteiger partial charge < -0.3 is 10.1 Å². The minimum atomic E-state index is -0.117. The lowest BCUT2D eigenvalue weighted by Crippen LogP contribution is -2.31. The average molecular weight is 215 g/mol. The van der Waals surface area contributed by atoms with Crippen molar-refractivity contribution in [2.24, 2.45) is 5.41 Å². The molecule has 3 heteroatoms. The molecule has 1 atom stereocenters. The number of hydrogen-bond donors (Lipinski definition) is 1. The lowest BCUT2D eigenvalue weighted by atomic mass is 9.92. The molecular formula is C12H25NO2. The lowest BCUT2D eigenvalue weighted by Gasteiger charge is -2.20. The van der Waals surface area contributed by atoms with Gasteiger partial charge in [-0.2, -0.15) is 0 Å². The first-order valence-electron chi connectivity index (χ1n) is 5.74. The van der Waals surface area contributed by atoms with Gasteiger partial charge in [-0.1, -0.05) is 20.8 Å². The predicted molar refractivity (Wildman–Crippen MR) is 62.8 cm³/mol. The van der Waals surface area contributed by atoms with Gasteiger partial charge in [0.1, 0.15) is 0 Å². The molecule has 3 nitrogen and oxygen atoms in total. The van der Waals surface area contributed by atoms with Gasteiger partial charge in [-0.05, 0) is 32.2 Å². The summed E-state index contributed by atoms with van der Waals surface area (Å²) in [5.41, 5.74) is 0.344. The Balaban J connectivity index is 3.57. The zero-order valence-corrected chi connectivity index (χ0v) is 10.7. The molecule has 1 unspecified atom stereocenters. The molecule has 0 aromatic heterocycles. The zero-order chi connectivity index (χ0) is 11.9. The van der Waals surface area contributed by atoms with Crippen LogP contribution < -0.4 is 5.32 Å². The van der Waals surface area contributed by atoms with Gasteiger partial charge in [-0.3, -0.25) is 4.79 Å². The number of rotatable bonds is 6. The van der Waals surface area contributed by atoms with Crippen LogP contribution in [-0.2, 0) is 9.53 Å². The van der Waals surface area contributed by atoms with Crippen molar-refractivity contribution < 1.29 is 9.53 Å². The minimum Gasteiger partial charge on any atom is -0.466 e. The van der Waals surface area contributed by atoms with E-state index in [4.69, 9.17) is 4.74 Å². The van der Waals surface area contributed by atoms with Crippen LogP contribution in [0.25, 0.3) is 0 Å². The summed E-state index contributed by atoms with van der Waals surface area (Å²) >= 11 is 0. The molecule has 0 rings (SSSR count). The highest BCUT2D eigenvalue weighted by Gasteiger charge is 2.12. The molecule has 0 saturated heterocycles. The largest absolute Gasteiger partial charge is 0.466 e. The third-order valence-corrected chi connectivity index (χ3v) is 2.15. The van der Waals surface area contributed by atoms with E-state index in [9.17, 15) is 4.79 Å². The zero-order valence-electron chi connectivity index (χ0n) is 10.7. The Hall–Kier alpha value is -0.570. The van der Waals surface area contributed by atoms with Crippen LogP contribution in [0.1, 0.15) is 47.5 Å². The summed E-state index contributed by atoms with van der Waals surface area (Å²) in [6, 6.07) is 0.200. The smallest absolute Gasteiger partial charge is 0.307 e. The van der Waals surface area contributed by atoms with Crippen molar-refractivity contribution >= 4 is 5.97 Å². The Morgan fingerprint density at radius 2 is 2.00 bits per heavy atom. The van der Waals surface area contributed by atoms with Gasteiger partial charge in [0.15, 0.2) is 0 Å². The minimum absolute atomic E-state index is 0.117. The Kier molecular flexibility index (Phi) is 6.57. The third-order valence-electron chi connectivity index (χ3n) is 2.15. The van der Waals surface area contributed by atoms with Crippen LogP contribution in [0.3, 0.4) is 0 Å². The fraction of sp³-hybridized carbons (Fsp3) is 0.917. The van der Waals surface area contributed by atoms with E-state index in [1.165, 1.54) is 0 Å². The van der Waals surface area contributed by atoms with E-state index in [-0.39, 0.29) is 12.0 Å². The average Bonchev–Trinajstić information content (AvgIpc) is 2.01. The predicted octanol–water partition coefficient (Wildman–Crippen LogP) is 2.35. The Morgan fingerprint density at radius 3 is 2.47 bits per heavy atom. The maximum absolute atomic E-state index is 11.2. The van der Waals surface area contributed by atoms with Gasteiger partial charge in [0.05, 0.1) is 13.0 Å². The van der Waals surface area contributed by atoms with Gasteiger partial charge in [-0.25, -0.2) is 0 Å². The van der Waals surface area contributed by atoms with E-state index in [1.54, 1.807) is 0 Å². The number of esters is 1. The highest BCUT2D eigenvalue weighted by Crippen LogP contribution is 2.17. The first kappa shape index (κ1) is 14.4. The molecule has 0 aromatic rings. The quantitative estimate of drug-likeness (QED) is 0.691. The molecule has 0 aliphatic rings. The van der Waals surface area contributed by atoms with Crippen molar-refractivity contribution in [2.45, 2.75) is 53.5 Å². The highest BCUT2D eigenvalue weighted by molar-refractivity contribution is 5.69. The molecule has 0 amide bonds. The molecule has 1 N–H and O–H groups in total. The fourth-order valence-electron chi connectivity index (χ4n) is 1.24. The second kappa shape index (κ2) is 6.83. The maximum Gasteiger partial charge on any atom is 0.307 e. The Bertz CT molecular complexity index is 185. The Morgan fingerprint density at radius 1 is 1.40 bits per heavy atom. The van der Waals surface area contributed by atoms with Crippen molar-refractivity contribution in [3.8, 4) is 0 Å². The molecule has 0 aliphatic carbocycles. The molecular weight excluding hydrogens is 190 g/mol. The number of nitrogens with one attached hydrogen (secondary N) is 1. The van der Waals surface area contributed by atoms with E-state index in [0.29, 0.717) is 18.4 Å². The number of ether oxygens (including phenoxy) is 1. The molecule has 0 radical (unpaired) electrons.